The van der Waals surface area contributed by atoms with Crippen LogP contribution in [0.4, 0.5) is 4.39 Å². The second-order valence-electron chi connectivity index (χ2n) is 4.34. The summed E-state index contributed by atoms with van der Waals surface area (Å²) in [4.78, 5) is 10.6. The van der Waals surface area contributed by atoms with Gasteiger partial charge in [0.25, 0.3) is 0 Å². The molecule has 1 heterocycles. The van der Waals surface area contributed by atoms with E-state index < -0.39 is 18.2 Å². The Labute approximate surface area is 89.9 Å². The molecule has 1 aliphatic heterocycles. The lowest BCUT2D eigenvalue weighted by atomic mass is 9.83. The maximum atomic E-state index is 13.8. The molecule has 0 aromatic carbocycles. The fourth-order valence-electron chi connectivity index (χ4n) is 1.86. The quantitative estimate of drug-likeness (QED) is 0.664. The van der Waals surface area contributed by atoms with Gasteiger partial charge in [0, 0.05) is 6.92 Å². The zero-order valence-corrected chi connectivity index (χ0v) is 9.70. The first-order valence-corrected chi connectivity index (χ1v) is 5.36. The van der Waals surface area contributed by atoms with Crippen molar-refractivity contribution in [2.75, 3.05) is 6.61 Å². The second kappa shape index (κ2) is 4.92. The van der Waals surface area contributed by atoms with Crippen molar-refractivity contribution in [3.05, 3.63) is 0 Å². The monoisotopic (exact) mass is 218 g/mol. The van der Waals surface area contributed by atoms with Crippen molar-refractivity contribution in [1.29, 1.82) is 0 Å². The number of alkyl halides is 1. The van der Waals surface area contributed by atoms with Crippen LogP contribution in [0.2, 0.25) is 0 Å². The summed E-state index contributed by atoms with van der Waals surface area (Å²) in [7, 11) is 0. The third kappa shape index (κ3) is 2.91. The number of carbonyl (C=O) groups excluding carboxylic acids is 1. The molecule has 0 aromatic heterocycles. The number of hydrogen-bond donors (Lipinski definition) is 0. The minimum atomic E-state index is -1.06. The molecule has 0 aromatic rings. The smallest absolute Gasteiger partial charge is 0.302 e. The number of halogens is 1. The third-order valence-electron chi connectivity index (χ3n) is 3.27. The van der Waals surface area contributed by atoms with E-state index in [-0.39, 0.29) is 24.5 Å². The first-order chi connectivity index (χ1) is 6.93. The molecule has 0 N–H and O–H groups in total. The van der Waals surface area contributed by atoms with Gasteiger partial charge in [0.15, 0.2) is 0 Å². The van der Waals surface area contributed by atoms with Gasteiger partial charge < -0.3 is 9.47 Å². The van der Waals surface area contributed by atoms with Crippen molar-refractivity contribution in [3.8, 4) is 0 Å². The van der Waals surface area contributed by atoms with E-state index in [4.69, 9.17) is 9.47 Å². The van der Waals surface area contributed by atoms with Crippen LogP contribution >= 0.6 is 0 Å². The van der Waals surface area contributed by atoms with Gasteiger partial charge in [-0.25, -0.2) is 4.39 Å². The lowest BCUT2D eigenvalue weighted by Crippen LogP contribution is -2.48. The van der Waals surface area contributed by atoms with Gasteiger partial charge in [-0.3, -0.25) is 4.79 Å². The third-order valence-corrected chi connectivity index (χ3v) is 3.27. The van der Waals surface area contributed by atoms with E-state index in [0.29, 0.717) is 0 Å². The number of hydrogen-bond acceptors (Lipinski definition) is 3. The van der Waals surface area contributed by atoms with Gasteiger partial charge in [0.2, 0.25) is 0 Å². The molecule has 0 saturated carbocycles. The highest BCUT2D eigenvalue weighted by molar-refractivity contribution is 5.65. The summed E-state index contributed by atoms with van der Waals surface area (Å²) in [6.45, 7) is 7.09. The van der Waals surface area contributed by atoms with Gasteiger partial charge in [0.05, 0.1) is 6.10 Å². The molecule has 4 heteroatoms. The first-order valence-electron chi connectivity index (χ1n) is 5.36. The van der Waals surface area contributed by atoms with Gasteiger partial charge in [-0.1, -0.05) is 13.8 Å². The Hall–Kier alpha value is -0.640. The molecule has 1 aliphatic rings. The first kappa shape index (κ1) is 12.4. The van der Waals surface area contributed by atoms with Crippen LogP contribution in [-0.2, 0) is 14.3 Å². The fourth-order valence-corrected chi connectivity index (χ4v) is 1.86. The van der Waals surface area contributed by atoms with Crippen LogP contribution in [0.15, 0.2) is 0 Å². The van der Waals surface area contributed by atoms with Gasteiger partial charge in [-0.15, -0.1) is 0 Å². The molecule has 1 saturated heterocycles. The van der Waals surface area contributed by atoms with Crippen molar-refractivity contribution in [1.82, 2.24) is 0 Å². The minimum absolute atomic E-state index is 0.00700. The van der Waals surface area contributed by atoms with Crippen LogP contribution in [0, 0.1) is 11.8 Å². The van der Waals surface area contributed by atoms with Crippen molar-refractivity contribution in [2.45, 2.75) is 46.1 Å². The topological polar surface area (TPSA) is 35.5 Å². The molecule has 15 heavy (non-hydrogen) atoms. The van der Waals surface area contributed by atoms with Crippen molar-refractivity contribution >= 4 is 5.97 Å². The predicted octanol–water partition coefficient (Wildman–Crippen LogP) is 1.95. The largest absolute Gasteiger partial charge is 0.463 e. The number of ether oxygens (including phenoxy) is 2. The fraction of sp³-hybridized carbons (Fsp3) is 0.909. The Morgan fingerprint density at radius 1 is 1.33 bits per heavy atom. The highest BCUT2D eigenvalue weighted by Gasteiger charge is 2.40. The van der Waals surface area contributed by atoms with E-state index in [1.807, 2.05) is 20.8 Å². The van der Waals surface area contributed by atoms with Crippen LogP contribution in [0.1, 0.15) is 27.7 Å². The molecule has 88 valence electrons. The maximum absolute atomic E-state index is 13.8. The SMILES string of the molecule is CC(=O)OCC1O[C@@H](C)C(C)[C@@H](C)[C@H]1F. The Bertz CT molecular complexity index is 232. The van der Waals surface area contributed by atoms with Crippen LogP contribution in [0.25, 0.3) is 0 Å². The van der Waals surface area contributed by atoms with E-state index in [1.165, 1.54) is 6.92 Å². The molecule has 0 aliphatic carbocycles. The van der Waals surface area contributed by atoms with Gasteiger partial charge >= 0.3 is 5.97 Å². The van der Waals surface area contributed by atoms with Crippen LogP contribution < -0.4 is 0 Å². The van der Waals surface area contributed by atoms with E-state index in [0.717, 1.165) is 0 Å². The maximum Gasteiger partial charge on any atom is 0.302 e. The molecule has 0 spiro atoms. The molecule has 3 nitrogen and oxygen atoms in total. The second-order valence-corrected chi connectivity index (χ2v) is 4.34. The predicted molar refractivity (Wildman–Crippen MR) is 54.2 cm³/mol. The summed E-state index contributed by atoms with van der Waals surface area (Å²) < 4.78 is 24.1. The zero-order valence-electron chi connectivity index (χ0n) is 9.70. The summed E-state index contributed by atoms with van der Waals surface area (Å²) in [5.74, 6) is -0.271. The van der Waals surface area contributed by atoms with E-state index in [9.17, 15) is 9.18 Å². The average Bonchev–Trinajstić information content (AvgIpc) is 2.18. The Kier molecular flexibility index (Phi) is 4.08. The highest BCUT2D eigenvalue weighted by atomic mass is 19.1. The molecular weight excluding hydrogens is 199 g/mol. The van der Waals surface area contributed by atoms with Gasteiger partial charge in [0.1, 0.15) is 18.9 Å². The Morgan fingerprint density at radius 2 is 1.93 bits per heavy atom. The molecule has 1 fully saturated rings. The summed E-state index contributed by atoms with van der Waals surface area (Å²) >= 11 is 0. The molecule has 0 bridgehead atoms. The lowest BCUT2D eigenvalue weighted by molar-refractivity contribution is -0.170. The number of esters is 1. The minimum Gasteiger partial charge on any atom is -0.463 e. The van der Waals surface area contributed by atoms with Crippen molar-refractivity contribution < 1.29 is 18.7 Å². The van der Waals surface area contributed by atoms with Gasteiger partial charge in [-0.2, -0.15) is 0 Å². The van der Waals surface area contributed by atoms with Crippen LogP contribution in [0.5, 0.6) is 0 Å². The summed E-state index contributed by atoms with van der Waals surface area (Å²) in [5.41, 5.74) is 0. The number of rotatable bonds is 2. The molecule has 0 radical (unpaired) electrons. The lowest BCUT2D eigenvalue weighted by Gasteiger charge is -2.39. The molecule has 2 unspecified atom stereocenters. The van der Waals surface area contributed by atoms with E-state index in [1.54, 1.807) is 0 Å². The molecule has 1 rings (SSSR count). The molecular formula is C11H19FO3. The Morgan fingerprint density at radius 3 is 2.47 bits per heavy atom. The van der Waals surface area contributed by atoms with E-state index >= 15 is 0 Å². The van der Waals surface area contributed by atoms with Gasteiger partial charge in [-0.05, 0) is 18.8 Å². The van der Waals surface area contributed by atoms with Crippen molar-refractivity contribution in [3.63, 3.8) is 0 Å². The average molecular weight is 218 g/mol. The zero-order chi connectivity index (χ0) is 11.6. The Balaban J connectivity index is 2.54. The summed E-state index contributed by atoms with van der Waals surface area (Å²) in [5, 5.41) is 0. The van der Waals surface area contributed by atoms with Crippen LogP contribution in [0.3, 0.4) is 0 Å². The highest BCUT2D eigenvalue weighted by Crippen LogP contribution is 2.32. The number of carbonyl (C=O) groups is 1. The molecule has 0 amide bonds. The molecule has 5 atom stereocenters. The summed E-state index contributed by atoms with van der Waals surface area (Å²) in [6, 6.07) is 0. The normalized spacial score (nSPS) is 41.3. The summed E-state index contributed by atoms with van der Waals surface area (Å²) in [6.07, 6.45) is -1.67. The van der Waals surface area contributed by atoms with Crippen LogP contribution in [-0.4, -0.2) is 31.0 Å². The van der Waals surface area contributed by atoms with Crippen molar-refractivity contribution in [2.24, 2.45) is 11.8 Å². The van der Waals surface area contributed by atoms with E-state index in [2.05, 4.69) is 0 Å². The standard InChI is InChI=1S/C11H19FO3/c1-6-7(2)11(12)10(15-8(6)3)5-14-9(4)13/h6-8,10-11H,5H2,1-4H3/t6?,7-,8+,10?,11-/m1/s1.